The highest BCUT2D eigenvalue weighted by atomic mass is 16.6. The minimum atomic E-state index is -0.584. The third-order valence-electron chi connectivity index (χ3n) is 3.77. The van der Waals surface area contributed by atoms with Crippen LogP contribution in [0, 0.1) is 5.92 Å². The van der Waals surface area contributed by atoms with Gasteiger partial charge in [-0.05, 0) is 29.5 Å². The van der Waals surface area contributed by atoms with Gasteiger partial charge >= 0.3 is 12.1 Å². The molecular weight excluding hydrogens is 346 g/mol. The fraction of sp³-hybridized carbons (Fsp3) is 0.524. The van der Waals surface area contributed by atoms with Gasteiger partial charge in [-0.2, -0.15) is 0 Å². The Hall–Kier alpha value is -2.50. The molecule has 0 radical (unpaired) electrons. The number of hydrogen-bond donors (Lipinski definition) is 1. The fourth-order valence-electron chi connectivity index (χ4n) is 1.96. The standard InChI is InChI=1S/C19H27NO5.C2H6.H2/c1-5-18(21)24-11-10-20-19(22)25-13-12-23-17-8-6-16(7-9-17)15(4)14(2)3;1-2;/h5-9,14-15H,1,10-13H2,2-4H3,(H,20,22);1-2H3;1H. The predicted molar refractivity (Wildman–Crippen MR) is 109 cm³/mol. The van der Waals surface area contributed by atoms with Crippen molar-refractivity contribution in [1.82, 2.24) is 5.32 Å². The van der Waals surface area contributed by atoms with E-state index in [1.165, 1.54) is 5.56 Å². The Bertz CT molecular complexity index is 560. The molecule has 0 bridgehead atoms. The zero-order chi connectivity index (χ0) is 20.7. The van der Waals surface area contributed by atoms with Crippen molar-refractivity contribution in [1.29, 1.82) is 0 Å². The number of alkyl carbamates (subject to hydrolysis) is 1. The second kappa shape index (κ2) is 14.6. The molecule has 154 valence electrons. The van der Waals surface area contributed by atoms with Crippen molar-refractivity contribution in [2.45, 2.75) is 40.5 Å². The molecule has 1 rings (SSSR count). The van der Waals surface area contributed by atoms with Gasteiger partial charge in [-0.3, -0.25) is 0 Å². The van der Waals surface area contributed by atoms with Gasteiger partial charge in [0.2, 0.25) is 0 Å². The van der Waals surface area contributed by atoms with E-state index >= 15 is 0 Å². The molecule has 1 aromatic carbocycles. The van der Waals surface area contributed by atoms with Crippen molar-refractivity contribution in [2.24, 2.45) is 5.92 Å². The summed E-state index contributed by atoms with van der Waals surface area (Å²) in [5.41, 5.74) is 1.27. The van der Waals surface area contributed by atoms with Crippen LogP contribution >= 0.6 is 0 Å². The van der Waals surface area contributed by atoms with Gasteiger partial charge < -0.3 is 19.5 Å². The highest BCUT2D eigenvalue weighted by Gasteiger charge is 2.09. The van der Waals surface area contributed by atoms with Crippen LogP contribution in [-0.2, 0) is 14.3 Å². The van der Waals surface area contributed by atoms with Crippen LogP contribution in [0.15, 0.2) is 36.9 Å². The Labute approximate surface area is 164 Å². The van der Waals surface area contributed by atoms with Crippen LogP contribution in [0.3, 0.4) is 0 Å². The van der Waals surface area contributed by atoms with Gasteiger partial charge in [0, 0.05) is 7.50 Å². The van der Waals surface area contributed by atoms with Gasteiger partial charge in [0.25, 0.3) is 0 Å². The van der Waals surface area contributed by atoms with Crippen LogP contribution in [0.1, 0.15) is 47.5 Å². The summed E-state index contributed by atoms with van der Waals surface area (Å²) in [5.74, 6) is 1.28. The largest absolute Gasteiger partial charge is 0.490 e. The number of carbonyl (C=O) groups is 2. The van der Waals surface area contributed by atoms with Crippen molar-refractivity contribution in [2.75, 3.05) is 26.4 Å². The number of benzene rings is 1. The number of carbonyl (C=O) groups excluding carboxylic acids is 2. The van der Waals surface area contributed by atoms with Gasteiger partial charge in [-0.15, -0.1) is 0 Å². The van der Waals surface area contributed by atoms with Crippen molar-refractivity contribution >= 4 is 12.1 Å². The van der Waals surface area contributed by atoms with E-state index in [9.17, 15) is 9.59 Å². The molecule has 0 heterocycles. The molecule has 1 aromatic rings. The summed E-state index contributed by atoms with van der Waals surface area (Å²) in [6.45, 7) is 14.5. The molecule has 0 fully saturated rings. The maximum Gasteiger partial charge on any atom is 0.407 e. The number of amides is 1. The fourth-order valence-corrected chi connectivity index (χ4v) is 1.96. The van der Waals surface area contributed by atoms with E-state index < -0.39 is 12.1 Å². The average molecular weight is 382 g/mol. The molecule has 0 spiro atoms. The second-order valence-corrected chi connectivity index (χ2v) is 5.88. The lowest BCUT2D eigenvalue weighted by Gasteiger charge is -2.16. The van der Waals surface area contributed by atoms with Gasteiger partial charge in [0.15, 0.2) is 0 Å². The van der Waals surface area contributed by atoms with Gasteiger partial charge in [0.1, 0.15) is 25.6 Å². The van der Waals surface area contributed by atoms with Gasteiger partial charge in [-0.25, -0.2) is 9.59 Å². The first kappa shape index (κ1) is 24.5. The average Bonchev–Trinajstić information content (AvgIpc) is 2.69. The van der Waals surface area contributed by atoms with Crippen LogP contribution in [0.25, 0.3) is 0 Å². The summed E-state index contributed by atoms with van der Waals surface area (Å²) in [6, 6.07) is 7.95. The molecule has 0 saturated carbocycles. The Balaban J connectivity index is 0. The normalized spacial score (nSPS) is 10.9. The molecule has 6 nitrogen and oxygen atoms in total. The van der Waals surface area contributed by atoms with E-state index in [4.69, 9.17) is 14.2 Å². The number of rotatable bonds is 10. The van der Waals surface area contributed by atoms with Crippen LogP contribution in [-0.4, -0.2) is 38.4 Å². The van der Waals surface area contributed by atoms with E-state index in [0.29, 0.717) is 11.8 Å². The Morgan fingerprint density at radius 1 is 1.07 bits per heavy atom. The van der Waals surface area contributed by atoms with E-state index in [0.717, 1.165) is 11.8 Å². The lowest BCUT2D eigenvalue weighted by atomic mass is 9.90. The summed E-state index contributed by atoms with van der Waals surface area (Å²) in [4.78, 5) is 22.2. The van der Waals surface area contributed by atoms with Gasteiger partial charge in [-0.1, -0.05) is 53.3 Å². The first-order chi connectivity index (χ1) is 12.9. The summed E-state index contributed by atoms with van der Waals surface area (Å²) in [6.07, 6.45) is 0.477. The lowest BCUT2D eigenvalue weighted by Crippen LogP contribution is -2.29. The highest BCUT2D eigenvalue weighted by molar-refractivity contribution is 5.81. The first-order valence-corrected chi connectivity index (χ1v) is 9.36. The Morgan fingerprint density at radius 3 is 2.26 bits per heavy atom. The predicted octanol–water partition coefficient (Wildman–Crippen LogP) is 4.55. The van der Waals surface area contributed by atoms with E-state index in [2.05, 4.69) is 44.8 Å². The molecule has 1 unspecified atom stereocenters. The third-order valence-corrected chi connectivity index (χ3v) is 3.77. The zero-order valence-electron chi connectivity index (χ0n) is 17.1. The number of hydrogen-bond acceptors (Lipinski definition) is 5. The van der Waals surface area contributed by atoms with Crippen LogP contribution in [0.2, 0.25) is 0 Å². The van der Waals surface area contributed by atoms with Crippen LogP contribution in [0.5, 0.6) is 5.75 Å². The molecule has 0 aromatic heterocycles. The molecule has 0 aliphatic carbocycles. The molecule has 1 amide bonds. The lowest BCUT2D eigenvalue weighted by molar-refractivity contribution is -0.137. The maximum atomic E-state index is 11.4. The minimum absolute atomic E-state index is 0. The highest BCUT2D eigenvalue weighted by Crippen LogP contribution is 2.25. The molecule has 0 aliphatic rings. The number of ether oxygens (including phenoxy) is 3. The SMILES string of the molecule is C=CC(=O)OCCNC(=O)OCCOc1ccc(C(C)C(C)C)cc1.CC.[HH]. The minimum Gasteiger partial charge on any atom is -0.490 e. The second-order valence-electron chi connectivity index (χ2n) is 5.88. The van der Waals surface area contributed by atoms with Crippen molar-refractivity contribution < 1.29 is 25.2 Å². The van der Waals surface area contributed by atoms with Crippen LogP contribution < -0.4 is 10.1 Å². The third kappa shape index (κ3) is 10.9. The van der Waals surface area contributed by atoms with E-state index in [1.807, 2.05) is 26.0 Å². The van der Waals surface area contributed by atoms with Crippen LogP contribution in [0.4, 0.5) is 4.79 Å². The van der Waals surface area contributed by atoms with Crippen molar-refractivity contribution in [3.63, 3.8) is 0 Å². The molecule has 0 aliphatic heterocycles. The first-order valence-electron chi connectivity index (χ1n) is 9.36. The summed E-state index contributed by atoms with van der Waals surface area (Å²) in [5, 5.41) is 2.46. The zero-order valence-corrected chi connectivity index (χ0v) is 17.1. The topological polar surface area (TPSA) is 73.9 Å². The van der Waals surface area contributed by atoms with Crippen molar-refractivity contribution in [3.8, 4) is 5.75 Å². The molecular formula is C21H35NO5. The molecule has 1 atom stereocenters. The smallest absolute Gasteiger partial charge is 0.407 e. The summed E-state index contributed by atoms with van der Waals surface area (Å²) >= 11 is 0. The van der Waals surface area contributed by atoms with E-state index in [-0.39, 0.29) is 27.8 Å². The van der Waals surface area contributed by atoms with Gasteiger partial charge in [0.05, 0.1) is 6.54 Å². The molecule has 27 heavy (non-hydrogen) atoms. The monoisotopic (exact) mass is 381 g/mol. The maximum absolute atomic E-state index is 11.4. The van der Waals surface area contributed by atoms with E-state index in [1.54, 1.807) is 0 Å². The summed E-state index contributed by atoms with van der Waals surface area (Å²) in [7, 11) is 0. The molecule has 1 N–H and O–H groups in total. The Morgan fingerprint density at radius 2 is 1.70 bits per heavy atom. The summed E-state index contributed by atoms with van der Waals surface area (Å²) < 4.78 is 15.2. The number of nitrogens with one attached hydrogen (secondary N) is 1. The quantitative estimate of drug-likeness (QED) is 0.365. The number of esters is 1. The Kier molecular flexibility index (Phi) is 13.3. The molecule has 0 saturated heterocycles. The van der Waals surface area contributed by atoms with Crippen molar-refractivity contribution in [3.05, 3.63) is 42.5 Å². The molecule has 6 heteroatoms.